The Labute approximate surface area is 122 Å². The number of thioether (sulfide) groups is 1. The molecule has 0 N–H and O–H groups in total. The van der Waals surface area contributed by atoms with Crippen molar-refractivity contribution < 1.29 is 4.79 Å². The van der Waals surface area contributed by atoms with Crippen LogP contribution in [0.3, 0.4) is 0 Å². The molecule has 1 saturated heterocycles. The van der Waals surface area contributed by atoms with Gasteiger partial charge >= 0.3 is 0 Å². The molecule has 2 aliphatic rings. The van der Waals surface area contributed by atoms with Gasteiger partial charge in [-0.1, -0.05) is 25.6 Å². The van der Waals surface area contributed by atoms with Crippen LogP contribution in [0.15, 0.2) is 16.1 Å². The second-order valence-electron chi connectivity index (χ2n) is 5.92. The highest BCUT2D eigenvalue weighted by atomic mass is 32.2. The monoisotopic (exact) mass is 293 g/mol. The molecular formula is C14H19N3O2S. The number of likely N-dealkylation sites (tertiary alicyclic amines) is 1. The van der Waals surface area contributed by atoms with E-state index in [-0.39, 0.29) is 17.0 Å². The van der Waals surface area contributed by atoms with Gasteiger partial charge in [0.25, 0.3) is 11.5 Å². The van der Waals surface area contributed by atoms with Crippen molar-refractivity contribution in [3.05, 3.63) is 22.1 Å². The molecule has 0 aromatic carbocycles. The van der Waals surface area contributed by atoms with E-state index < -0.39 is 0 Å². The van der Waals surface area contributed by atoms with E-state index in [2.05, 4.69) is 18.8 Å². The summed E-state index contributed by atoms with van der Waals surface area (Å²) in [5, 5.41) is 0.729. The van der Waals surface area contributed by atoms with Crippen molar-refractivity contribution in [3.63, 3.8) is 0 Å². The van der Waals surface area contributed by atoms with Crippen LogP contribution in [-0.2, 0) is 6.54 Å². The number of nitrogens with zero attached hydrogens (tertiary/aromatic N) is 3. The minimum Gasteiger partial charge on any atom is -0.338 e. The number of carbonyl (C=O) groups is 1. The second kappa shape index (κ2) is 5.24. The Hall–Kier alpha value is -1.30. The second-order valence-corrected chi connectivity index (χ2v) is 6.98. The lowest BCUT2D eigenvalue weighted by atomic mass is 9.91. The van der Waals surface area contributed by atoms with Crippen molar-refractivity contribution in [1.82, 2.24) is 14.5 Å². The molecule has 3 rings (SSSR count). The number of fused-ring (bicyclic) bond motifs is 1. The van der Waals surface area contributed by atoms with Gasteiger partial charge in [0.1, 0.15) is 5.56 Å². The van der Waals surface area contributed by atoms with Gasteiger partial charge in [-0.2, -0.15) is 0 Å². The average Bonchev–Trinajstić information content (AvgIpc) is 2.86. The van der Waals surface area contributed by atoms with Gasteiger partial charge in [-0.3, -0.25) is 14.2 Å². The van der Waals surface area contributed by atoms with Crippen molar-refractivity contribution >= 4 is 17.7 Å². The van der Waals surface area contributed by atoms with Crippen LogP contribution in [0, 0.1) is 11.8 Å². The lowest BCUT2D eigenvalue weighted by Crippen LogP contribution is -2.44. The van der Waals surface area contributed by atoms with Crippen molar-refractivity contribution in [1.29, 1.82) is 0 Å². The average molecular weight is 293 g/mol. The van der Waals surface area contributed by atoms with Gasteiger partial charge < -0.3 is 4.90 Å². The third kappa shape index (κ3) is 2.37. The van der Waals surface area contributed by atoms with Crippen LogP contribution in [0.25, 0.3) is 0 Å². The maximum atomic E-state index is 12.6. The van der Waals surface area contributed by atoms with Gasteiger partial charge in [0.2, 0.25) is 0 Å². The predicted molar refractivity (Wildman–Crippen MR) is 78.1 cm³/mol. The number of piperidine rings is 1. The molecule has 2 aliphatic heterocycles. The third-order valence-electron chi connectivity index (χ3n) is 3.94. The Morgan fingerprint density at radius 1 is 1.35 bits per heavy atom. The standard InChI is InChI=1S/C14H19N3O2S/c1-9-5-10(2)8-16(7-9)12(18)11-6-15-14-17(13(11)19)3-4-20-14/h6,9-10H,3-5,7-8H2,1-2H3. The van der Waals surface area contributed by atoms with E-state index in [4.69, 9.17) is 0 Å². The van der Waals surface area contributed by atoms with Gasteiger partial charge in [0, 0.05) is 31.6 Å². The number of rotatable bonds is 1. The van der Waals surface area contributed by atoms with E-state index in [1.54, 1.807) is 16.3 Å². The Morgan fingerprint density at radius 2 is 2.05 bits per heavy atom. The SMILES string of the molecule is CC1CC(C)CN(C(=O)c2cnc3n(c2=O)CCS3)C1. The lowest BCUT2D eigenvalue weighted by molar-refractivity contribution is 0.0619. The Kier molecular flexibility index (Phi) is 3.58. The summed E-state index contributed by atoms with van der Waals surface area (Å²) in [5.74, 6) is 1.68. The number of amides is 1. The first-order valence-electron chi connectivity index (χ1n) is 7.08. The molecule has 1 aromatic rings. The number of hydrogen-bond donors (Lipinski definition) is 0. The summed E-state index contributed by atoms with van der Waals surface area (Å²) in [5.41, 5.74) is 0.0356. The molecule has 1 aromatic heterocycles. The van der Waals surface area contributed by atoms with E-state index in [0.29, 0.717) is 18.4 Å². The fourth-order valence-corrected chi connectivity index (χ4v) is 4.08. The first-order valence-corrected chi connectivity index (χ1v) is 8.06. The van der Waals surface area contributed by atoms with Crippen LogP contribution in [-0.4, -0.2) is 39.2 Å². The smallest absolute Gasteiger partial charge is 0.267 e. The normalized spacial score (nSPS) is 25.6. The summed E-state index contributed by atoms with van der Waals surface area (Å²) in [4.78, 5) is 31.0. The zero-order valence-corrected chi connectivity index (χ0v) is 12.7. The molecule has 6 heteroatoms. The summed E-state index contributed by atoms with van der Waals surface area (Å²) in [6.07, 6.45) is 2.60. The molecule has 1 amide bonds. The zero-order valence-electron chi connectivity index (χ0n) is 11.8. The van der Waals surface area contributed by atoms with Gasteiger partial charge in [-0.25, -0.2) is 4.98 Å². The molecule has 5 nitrogen and oxygen atoms in total. The molecule has 108 valence electrons. The first kappa shape index (κ1) is 13.7. The van der Waals surface area contributed by atoms with Crippen molar-refractivity contribution in [2.24, 2.45) is 11.8 Å². The van der Waals surface area contributed by atoms with Gasteiger partial charge in [0.15, 0.2) is 5.16 Å². The van der Waals surface area contributed by atoms with Crippen LogP contribution >= 0.6 is 11.8 Å². The van der Waals surface area contributed by atoms with Crippen LogP contribution in [0.4, 0.5) is 0 Å². The molecule has 0 bridgehead atoms. The third-order valence-corrected chi connectivity index (χ3v) is 4.91. The highest BCUT2D eigenvalue weighted by Gasteiger charge is 2.29. The first-order chi connectivity index (χ1) is 9.56. The molecule has 1 fully saturated rings. The summed E-state index contributed by atoms with van der Waals surface area (Å²) < 4.78 is 1.62. The fourth-order valence-electron chi connectivity index (χ4n) is 3.16. The van der Waals surface area contributed by atoms with Gasteiger partial charge in [-0.15, -0.1) is 0 Å². The van der Waals surface area contributed by atoms with Gasteiger partial charge in [-0.05, 0) is 18.3 Å². The fraction of sp³-hybridized carbons (Fsp3) is 0.643. The van der Waals surface area contributed by atoms with Crippen LogP contribution in [0.2, 0.25) is 0 Å². The van der Waals surface area contributed by atoms with E-state index in [1.807, 2.05) is 4.90 Å². The van der Waals surface area contributed by atoms with Crippen LogP contribution in [0.1, 0.15) is 30.6 Å². The maximum absolute atomic E-state index is 12.6. The van der Waals surface area contributed by atoms with Crippen LogP contribution < -0.4 is 5.56 Å². The van der Waals surface area contributed by atoms with E-state index >= 15 is 0 Å². The molecule has 20 heavy (non-hydrogen) atoms. The Morgan fingerprint density at radius 3 is 2.75 bits per heavy atom. The number of aromatic nitrogens is 2. The minimum absolute atomic E-state index is 0.159. The summed E-state index contributed by atoms with van der Waals surface area (Å²) >= 11 is 1.57. The molecule has 0 spiro atoms. The quantitative estimate of drug-likeness (QED) is 0.736. The predicted octanol–water partition coefficient (Wildman–Crippen LogP) is 1.47. The molecule has 2 atom stereocenters. The van der Waals surface area contributed by atoms with E-state index in [1.165, 1.54) is 6.20 Å². The molecule has 0 aliphatic carbocycles. The zero-order chi connectivity index (χ0) is 14.3. The highest BCUT2D eigenvalue weighted by molar-refractivity contribution is 7.99. The highest BCUT2D eigenvalue weighted by Crippen LogP contribution is 2.23. The Balaban J connectivity index is 1.90. The van der Waals surface area contributed by atoms with Crippen molar-refractivity contribution in [2.75, 3.05) is 18.8 Å². The van der Waals surface area contributed by atoms with Crippen molar-refractivity contribution in [2.45, 2.75) is 32.0 Å². The number of hydrogen-bond acceptors (Lipinski definition) is 4. The molecule has 2 unspecified atom stereocenters. The maximum Gasteiger partial charge on any atom is 0.267 e. The molecule has 0 saturated carbocycles. The topological polar surface area (TPSA) is 55.2 Å². The largest absolute Gasteiger partial charge is 0.338 e. The summed E-state index contributed by atoms with van der Waals surface area (Å²) in [6.45, 7) is 6.43. The van der Waals surface area contributed by atoms with E-state index in [0.717, 1.165) is 30.4 Å². The summed E-state index contributed by atoms with van der Waals surface area (Å²) in [6, 6.07) is 0. The number of carbonyl (C=O) groups excluding carboxylic acids is 1. The Bertz CT molecular complexity index is 589. The summed E-state index contributed by atoms with van der Waals surface area (Å²) in [7, 11) is 0. The molecule has 3 heterocycles. The van der Waals surface area contributed by atoms with E-state index in [9.17, 15) is 9.59 Å². The van der Waals surface area contributed by atoms with Gasteiger partial charge in [0.05, 0.1) is 0 Å². The molecule has 0 radical (unpaired) electrons. The minimum atomic E-state index is -0.184. The lowest BCUT2D eigenvalue weighted by Gasteiger charge is -2.34. The van der Waals surface area contributed by atoms with Crippen molar-refractivity contribution in [3.8, 4) is 0 Å². The molecular weight excluding hydrogens is 274 g/mol. The van der Waals surface area contributed by atoms with Crippen LogP contribution in [0.5, 0.6) is 0 Å².